The second kappa shape index (κ2) is 34.3. The van der Waals surface area contributed by atoms with Gasteiger partial charge in [-0.05, 0) is 84.3 Å². The number of benzene rings is 5. The first-order valence-electron chi connectivity index (χ1n) is 32.3. The fraction of sp³-hybridized carbons (Fsp3) is 0.457. The maximum Gasteiger partial charge on any atom is 0.407 e. The van der Waals surface area contributed by atoms with E-state index in [0.29, 0.717) is 59.2 Å². The molecule has 101 heavy (non-hydrogen) atoms. The van der Waals surface area contributed by atoms with Gasteiger partial charge in [0.25, 0.3) is 13.7 Å². The number of nitrogens with zero attached hydrogens (tertiary/aromatic N) is 1. The van der Waals surface area contributed by atoms with Gasteiger partial charge in [-0.1, -0.05) is 60.7 Å². The second-order valence-corrected chi connectivity index (χ2v) is 26.3. The minimum atomic E-state index is -4.48. The molecule has 2 fully saturated rings. The average molecular weight is 1430 g/mol. The van der Waals surface area contributed by atoms with Crippen LogP contribution in [0.3, 0.4) is 0 Å². The molecule has 11 atom stereocenters. The Morgan fingerprint density at radius 2 is 1.33 bits per heavy atom. The molecule has 5 N–H and O–H groups in total. The number of methoxy groups -OCH3 is 4. The summed E-state index contributed by atoms with van der Waals surface area (Å²) in [5, 5.41) is 33.6. The van der Waals surface area contributed by atoms with Crippen molar-refractivity contribution in [3.63, 3.8) is 0 Å². The van der Waals surface area contributed by atoms with Crippen molar-refractivity contribution in [1.29, 1.82) is 0 Å². The molecule has 1 unspecified atom stereocenters. The van der Waals surface area contributed by atoms with Crippen LogP contribution in [0.4, 0.5) is 10.5 Å². The van der Waals surface area contributed by atoms with Gasteiger partial charge in [-0.25, -0.2) is 9.59 Å². The van der Waals surface area contributed by atoms with Gasteiger partial charge in [0.15, 0.2) is 29.5 Å². The molecule has 3 amide bonds. The Balaban J connectivity index is 0.914. The summed E-state index contributed by atoms with van der Waals surface area (Å²) >= 11 is 0. The third-order valence-electron chi connectivity index (χ3n) is 16.8. The summed E-state index contributed by atoms with van der Waals surface area (Å²) in [6.07, 6.45) is -10.2. The Morgan fingerprint density at radius 3 is 1.97 bits per heavy atom. The van der Waals surface area contributed by atoms with Gasteiger partial charge in [-0.3, -0.25) is 33.3 Å². The minimum Gasteiger partial charge on any atom is -0.756 e. The summed E-state index contributed by atoms with van der Waals surface area (Å²) in [5.74, 6) is -7.34. The largest absolute Gasteiger partial charge is 0.756 e. The molecule has 3 aliphatic rings. The lowest BCUT2D eigenvalue weighted by Crippen LogP contribution is -2.64. The van der Waals surface area contributed by atoms with Crippen molar-refractivity contribution in [2.45, 2.75) is 113 Å². The number of hydrogen-bond donors (Lipinski definition) is 5. The third-order valence-corrected chi connectivity index (χ3v) is 17.8. The zero-order valence-electron chi connectivity index (χ0n) is 57.6. The molecule has 1 saturated heterocycles. The number of aryl methyl sites for hydroxylation is 1. The van der Waals surface area contributed by atoms with Crippen LogP contribution in [0.5, 0.6) is 28.7 Å². The molecule has 5 aromatic carbocycles. The summed E-state index contributed by atoms with van der Waals surface area (Å²) in [6.45, 7) is 3.08. The number of anilines is 1. The molecule has 1 saturated carbocycles. The van der Waals surface area contributed by atoms with E-state index < -0.39 is 115 Å². The van der Waals surface area contributed by atoms with Crippen molar-refractivity contribution < 1.29 is 128 Å². The first-order chi connectivity index (χ1) is 48.1. The van der Waals surface area contributed by atoms with Crippen LogP contribution in [-0.2, 0) is 99.8 Å². The van der Waals surface area contributed by atoms with E-state index in [1.54, 1.807) is 84.9 Å². The van der Waals surface area contributed by atoms with Gasteiger partial charge in [0.1, 0.15) is 54.6 Å². The van der Waals surface area contributed by atoms with Crippen LogP contribution in [0.25, 0.3) is 0 Å². The van der Waals surface area contributed by atoms with Crippen molar-refractivity contribution in [2.75, 3.05) is 94.4 Å². The highest BCUT2D eigenvalue weighted by molar-refractivity contribution is 7.45. The molecule has 8 rings (SSSR count). The number of quaternary nitrogens is 1. The zero-order valence-corrected chi connectivity index (χ0v) is 58.5. The van der Waals surface area contributed by atoms with E-state index in [1.807, 2.05) is 21.1 Å². The Bertz CT molecular complexity index is 3800. The molecule has 30 nitrogen and oxygen atoms in total. The molecule has 0 bridgehead atoms. The number of amides is 3. The van der Waals surface area contributed by atoms with Gasteiger partial charge in [-0.2, -0.15) is 0 Å². The number of hydrogen-bond acceptors (Lipinski definition) is 26. The molecular weight excluding hydrogens is 1340 g/mol. The molecule has 0 aromatic heterocycles. The normalized spacial score (nSPS) is 22.4. The number of esters is 5. The lowest BCUT2D eigenvalue weighted by Gasteiger charge is -2.43. The molecule has 2 aliphatic heterocycles. The third kappa shape index (κ3) is 19.0. The maximum atomic E-state index is 13.8. The molecule has 31 heteroatoms. The SMILES string of the molecule is COC(=O)[C@H]1[C@@H](O)[C@@]2(O)c3c(OC)cc(OCCCCNC(=O)OCc4ccc(O[C@@H]5O[C@H](C(=O)OC)[C@@H](OC(C)=O)[C@H](OC(C)=O)[C@H]5OC(C)=O)c(NC(=O)CCNC(=O)c5ccc(CCCOP(=O)([O-])OCC[N+](C)(C)C)cc5)c4)cc3O[C@@]2(c2ccc(OC)cc2)[C@@H]1c1ccccc1. The van der Waals surface area contributed by atoms with Crippen LogP contribution < -0.4 is 44.5 Å². The highest BCUT2D eigenvalue weighted by Gasteiger charge is 2.78. The van der Waals surface area contributed by atoms with Gasteiger partial charge >= 0.3 is 35.9 Å². The standard InChI is InChI=1S/C70H85N4O26P/c1-41(75)95-59-60(96-42(2)76)62(97-43(3)77)67(99-61(59)66(82)90-10)98-52-29-22-45(37-51(52)73-55(78)30-32-71-64(80)47-23-20-44(21-24-47)17-16-35-93-101(85,86)94-36-33-74(4,5)6)40-92-68(83)72-31-14-15-34-91-50-38-53(88-8)58-54(39-50)100-70(48-25-27-49(87-7)28-26-48)57(46-18-12-11-13-19-46)56(65(81)89-9)63(79)69(58,70)84/h11-13,18-29,37-39,56-57,59-63,67,79,84H,14-17,30-36,40H2,1-10H3,(H3-,71,72,73,78,80,83,85,86)/t56-,57-,59+,60+,61+,62-,63-,67-,69+,70+/m1/s1. The summed E-state index contributed by atoms with van der Waals surface area (Å²) < 4.78 is 91.3. The number of unbranched alkanes of at least 4 members (excludes halogenated alkanes) is 1. The Hall–Kier alpha value is -9.39. The van der Waals surface area contributed by atoms with Crippen LogP contribution in [0.15, 0.2) is 109 Å². The van der Waals surface area contributed by atoms with E-state index in [9.17, 15) is 58.0 Å². The Kier molecular flexibility index (Phi) is 26.3. The number of likely N-dealkylation sites (N-methyl/N-ethyl adjacent to an activating group) is 1. The van der Waals surface area contributed by atoms with Gasteiger partial charge in [0, 0.05) is 63.9 Å². The molecule has 0 spiro atoms. The quantitative estimate of drug-likeness (QED) is 0.0119. The number of rotatable bonds is 33. The fourth-order valence-corrected chi connectivity index (χ4v) is 12.9. The van der Waals surface area contributed by atoms with Crippen molar-refractivity contribution >= 4 is 61.3 Å². The number of carbonyl (C=O) groups is 8. The van der Waals surface area contributed by atoms with Crippen LogP contribution in [-0.4, -0.2) is 188 Å². The molecule has 0 radical (unpaired) electrons. The molecule has 546 valence electrons. The zero-order chi connectivity index (χ0) is 73.4. The summed E-state index contributed by atoms with van der Waals surface area (Å²) in [4.78, 5) is 117. The predicted octanol–water partition coefficient (Wildman–Crippen LogP) is 5.18. The van der Waals surface area contributed by atoms with Crippen LogP contribution in [0, 0.1) is 5.92 Å². The van der Waals surface area contributed by atoms with Crippen LogP contribution >= 0.6 is 7.82 Å². The Labute approximate surface area is 583 Å². The number of carbonyl (C=O) groups excluding carboxylic acids is 8. The van der Waals surface area contributed by atoms with E-state index in [-0.39, 0.29) is 85.8 Å². The number of phosphoric ester groups is 1. The monoisotopic (exact) mass is 1430 g/mol. The average Bonchev–Trinajstić information content (AvgIpc) is 1.49. The number of alkyl carbamates (subject to hydrolysis) is 1. The van der Waals surface area contributed by atoms with E-state index in [0.717, 1.165) is 33.4 Å². The lowest BCUT2D eigenvalue weighted by atomic mass is 9.70. The van der Waals surface area contributed by atoms with Crippen molar-refractivity contribution in [2.24, 2.45) is 5.92 Å². The number of phosphoric acid groups is 1. The lowest BCUT2D eigenvalue weighted by molar-refractivity contribution is -0.870. The number of nitrogens with one attached hydrogen (secondary N) is 3. The summed E-state index contributed by atoms with van der Waals surface area (Å²) in [5.41, 5.74) is -1.77. The van der Waals surface area contributed by atoms with E-state index in [2.05, 4.69) is 16.0 Å². The Morgan fingerprint density at radius 1 is 0.673 bits per heavy atom. The number of fused-ring (bicyclic) bond motifs is 3. The first kappa shape index (κ1) is 77.3. The number of ether oxygens (including phenoxy) is 12. The smallest absolute Gasteiger partial charge is 0.407 e. The first-order valence-corrected chi connectivity index (χ1v) is 33.8. The number of aliphatic hydroxyl groups is 2. The molecule has 1 aliphatic carbocycles. The summed E-state index contributed by atoms with van der Waals surface area (Å²) in [6, 6.07) is 29.5. The predicted molar refractivity (Wildman–Crippen MR) is 353 cm³/mol. The van der Waals surface area contributed by atoms with Crippen LogP contribution in [0.1, 0.15) is 90.5 Å². The van der Waals surface area contributed by atoms with Crippen molar-refractivity contribution in [1.82, 2.24) is 10.6 Å². The van der Waals surface area contributed by atoms with Crippen molar-refractivity contribution in [3.8, 4) is 28.7 Å². The van der Waals surface area contributed by atoms with Gasteiger partial charge in [0.2, 0.25) is 18.3 Å². The van der Waals surface area contributed by atoms with Gasteiger partial charge in [0.05, 0.1) is 80.0 Å². The highest BCUT2D eigenvalue weighted by Crippen LogP contribution is 2.70. The maximum absolute atomic E-state index is 13.8. The number of aliphatic hydroxyl groups excluding tert-OH is 1. The highest BCUT2D eigenvalue weighted by atomic mass is 31.2. The molecule has 2 heterocycles. The second-order valence-electron chi connectivity index (χ2n) is 24.9. The minimum absolute atomic E-state index is 0.0230. The molecule has 5 aromatic rings. The fourth-order valence-electron chi connectivity index (χ4n) is 12.2. The summed E-state index contributed by atoms with van der Waals surface area (Å²) in [7, 11) is 6.33. The van der Waals surface area contributed by atoms with Gasteiger partial charge < -0.3 is 101 Å². The van der Waals surface area contributed by atoms with Gasteiger partial charge in [-0.15, -0.1) is 0 Å². The topological polar surface area (TPSA) is 382 Å². The van der Waals surface area contributed by atoms with E-state index in [1.165, 1.54) is 45.6 Å². The van der Waals surface area contributed by atoms with E-state index in [4.69, 9.17) is 65.9 Å². The molecular formula is C70H85N4O26P. The van der Waals surface area contributed by atoms with Crippen molar-refractivity contribution in [3.05, 3.63) is 143 Å². The van der Waals surface area contributed by atoms with Crippen LogP contribution in [0.2, 0.25) is 0 Å². The van der Waals surface area contributed by atoms with E-state index >= 15 is 0 Å².